The zero-order valence-corrected chi connectivity index (χ0v) is 10.9. The second-order valence-corrected chi connectivity index (χ2v) is 6.35. The lowest BCUT2D eigenvalue weighted by molar-refractivity contribution is -0.183. The summed E-state index contributed by atoms with van der Waals surface area (Å²) >= 11 is 0. The van der Waals surface area contributed by atoms with Crippen LogP contribution in [-0.4, -0.2) is 34.5 Å². The molecule has 1 saturated carbocycles. The highest BCUT2D eigenvalue weighted by Crippen LogP contribution is 2.37. The first-order valence-corrected chi connectivity index (χ1v) is 7.57. The molecule has 6 heteroatoms. The molecule has 3 unspecified atom stereocenters. The van der Waals surface area contributed by atoms with Gasteiger partial charge in [0, 0.05) is 34.9 Å². The number of hydrogen-bond acceptors (Lipinski definition) is 2. The Bertz CT molecular complexity index is 258. The lowest BCUT2D eigenvalue weighted by atomic mass is 9.85. The number of alkyl halides is 3. The average molecular weight is 271 g/mol. The second-order valence-electron chi connectivity index (χ2n) is 4.49. The lowest BCUT2D eigenvalue weighted by Crippen LogP contribution is -2.40. The standard InChI is InChI=1S/C11H20F3NOS/c1-2-17(16)7-6-15-10-5-3-4-9(8-10)11(12,13)14/h9-10,15H,2-8H2,1H3. The molecule has 0 bridgehead atoms. The van der Waals surface area contributed by atoms with Crippen molar-refractivity contribution in [2.45, 2.75) is 44.8 Å². The van der Waals surface area contributed by atoms with Crippen LogP contribution in [0.3, 0.4) is 0 Å². The fourth-order valence-electron chi connectivity index (χ4n) is 2.19. The van der Waals surface area contributed by atoms with Crippen molar-refractivity contribution in [1.82, 2.24) is 5.32 Å². The summed E-state index contributed by atoms with van der Waals surface area (Å²) in [6.07, 6.45) is -2.22. The normalized spacial score (nSPS) is 28.0. The van der Waals surface area contributed by atoms with E-state index in [1.165, 1.54) is 0 Å². The van der Waals surface area contributed by atoms with Crippen LogP contribution in [0.1, 0.15) is 32.6 Å². The van der Waals surface area contributed by atoms with Gasteiger partial charge in [0.2, 0.25) is 0 Å². The third-order valence-electron chi connectivity index (χ3n) is 3.22. The van der Waals surface area contributed by atoms with E-state index in [0.717, 1.165) is 6.42 Å². The number of rotatable bonds is 5. The fourth-order valence-corrected chi connectivity index (χ4v) is 2.83. The van der Waals surface area contributed by atoms with Crippen molar-refractivity contribution in [3.05, 3.63) is 0 Å². The molecule has 1 N–H and O–H groups in total. The highest BCUT2D eigenvalue weighted by molar-refractivity contribution is 7.84. The Hall–Kier alpha value is -0.100. The lowest BCUT2D eigenvalue weighted by Gasteiger charge is -2.31. The van der Waals surface area contributed by atoms with E-state index in [9.17, 15) is 17.4 Å². The van der Waals surface area contributed by atoms with Gasteiger partial charge in [-0.1, -0.05) is 13.3 Å². The number of nitrogens with one attached hydrogen (secondary N) is 1. The zero-order valence-electron chi connectivity index (χ0n) is 10.1. The molecule has 0 aliphatic heterocycles. The van der Waals surface area contributed by atoms with Gasteiger partial charge in [0.25, 0.3) is 0 Å². The molecule has 0 aromatic rings. The smallest absolute Gasteiger partial charge is 0.313 e. The second kappa shape index (κ2) is 6.73. The molecule has 102 valence electrons. The Morgan fingerprint density at radius 1 is 1.35 bits per heavy atom. The number of halogens is 3. The molecule has 1 fully saturated rings. The van der Waals surface area contributed by atoms with E-state index in [0.29, 0.717) is 24.5 Å². The van der Waals surface area contributed by atoms with Crippen molar-refractivity contribution in [1.29, 1.82) is 0 Å². The maximum Gasteiger partial charge on any atom is 0.391 e. The molecule has 1 rings (SSSR count). The molecule has 0 aromatic carbocycles. The van der Waals surface area contributed by atoms with Crippen LogP contribution in [-0.2, 0) is 10.8 Å². The van der Waals surface area contributed by atoms with Crippen LogP contribution in [0.4, 0.5) is 13.2 Å². The predicted molar refractivity (Wildman–Crippen MR) is 63.4 cm³/mol. The summed E-state index contributed by atoms with van der Waals surface area (Å²) in [5.74, 6) is -0.0216. The third kappa shape index (κ3) is 5.38. The van der Waals surface area contributed by atoms with Gasteiger partial charge in [0.15, 0.2) is 0 Å². The summed E-state index contributed by atoms with van der Waals surface area (Å²) in [7, 11) is -0.842. The Balaban J connectivity index is 2.28. The van der Waals surface area contributed by atoms with Crippen LogP contribution < -0.4 is 5.32 Å². The van der Waals surface area contributed by atoms with Crippen LogP contribution >= 0.6 is 0 Å². The van der Waals surface area contributed by atoms with Crippen molar-refractivity contribution in [3.63, 3.8) is 0 Å². The molecular weight excluding hydrogens is 251 g/mol. The fraction of sp³-hybridized carbons (Fsp3) is 1.00. The Kier molecular flexibility index (Phi) is 5.92. The van der Waals surface area contributed by atoms with E-state index in [1.54, 1.807) is 0 Å². The number of hydrogen-bond donors (Lipinski definition) is 1. The summed E-state index contributed by atoms with van der Waals surface area (Å²) in [6.45, 7) is 2.39. The monoisotopic (exact) mass is 271 g/mol. The highest BCUT2D eigenvalue weighted by Gasteiger charge is 2.41. The average Bonchev–Trinajstić information content (AvgIpc) is 2.28. The van der Waals surface area contributed by atoms with Gasteiger partial charge in [-0.25, -0.2) is 0 Å². The van der Waals surface area contributed by atoms with Crippen LogP contribution in [0, 0.1) is 5.92 Å². The Morgan fingerprint density at radius 2 is 2.06 bits per heavy atom. The summed E-state index contributed by atoms with van der Waals surface area (Å²) in [5.41, 5.74) is 0. The maximum absolute atomic E-state index is 12.5. The van der Waals surface area contributed by atoms with E-state index in [-0.39, 0.29) is 18.9 Å². The molecule has 0 heterocycles. The van der Waals surface area contributed by atoms with E-state index < -0.39 is 22.9 Å². The van der Waals surface area contributed by atoms with Crippen LogP contribution in [0.25, 0.3) is 0 Å². The summed E-state index contributed by atoms with van der Waals surface area (Å²) in [6, 6.07) is -0.0655. The molecule has 0 saturated heterocycles. The van der Waals surface area contributed by atoms with Gasteiger partial charge in [0.1, 0.15) is 0 Å². The summed E-state index contributed by atoms with van der Waals surface area (Å²) in [5, 5.41) is 3.10. The Labute approximate surface area is 103 Å². The van der Waals surface area contributed by atoms with Crippen LogP contribution in [0.5, 0.6) is 0 Å². The molecule has 1 aliphatic rings. The van der Waals surface area contributed by atoms with Crippen molar-refractivity contribution in [3.8, 4) is 0 Å². The zero-order chi connectivity index (χ0) is 12.9. The van der Waals surface area contributed by atoms with Gasteiger partial charge in [-0.2, -0.15) is 13.2 Å². The van der Waals surface area contributed by atoms with Gasteiger partial charge in [-0.05, 0) is 19.3 Å². The van der Waals surface area contributed by atoms with E-state index in [4.69, 9.17) is 0 Å². The molecule has 0 aromatic heterocycles. The predicted octanol–water partition coefficient (Wildman–Crippen LogP) is 2.47. The first-order valence-electron chi connectivity index (χ1n) is 6.08. The SMILES string of the molecule is CCS(=O)CCNC1CCCC(C(F)(F)F)C1. The van der Waals surface area contributed by atoms with Crippen molar-refractivity contribution in [2.75, 3.05) is 18.1 Å². The van der Waals surface area contributed by atoms with Crippen molar-refractivity contribution < 1.29 is 17.4 Å². The maximum atomic E-state index is 12.5. The summed E-state index contributed by atoms with van der Waals surface area (Å²) < 4.78 is 48.8. The van der Waals surface area contributed by atoms with Crippen LogP contribution in [0.2, 0.25) is 0 Å². The van der Waals surface area contributed by atoms with Gasteiger partial charge >= 0.3 is 6.18 Å². The van der Waals surface area contributed by atoms with Crippen molar-refractivity contribution >= 4 is 10.8 Å². The van der Waals surface area contributed by atoms with Gasteiger partial charge in [0.05, 0.1) is 5.92 Å². The van der Waals surface area contributed by atoms with E-state index >= 15 is 0 Å². The minimum Gasteiger partial charge on any atom is -0.313 e. The topological polar surface area (TPSA) is 29.1 Å². The largest absolute Gasteiger partial charge is 0.391 e. The molecule has 1 aliphatic carbocycles. The minimum atomic E-state index is -4.06. The first-order chi connectivity index (χ1) is 7.93. The molecule has 3 atom stereocenters. The minimum absolute atomic E-state index is 0.0655. The molecule has 17 heavy (non-hydrogen) atoms. The third-order valence-corrected chi connectivity index (χ3v) is 4.53. The molecule has 0 amide bonds. The van der Waals surface area contributed by atoms with E-state index in [2.05, 4.69) is 5.32 Å². The molecule has 2 nitrogen and oxygen atoms in total. The van der Waals surface area contributed by atoms with Crippen molar-refractivity contribution in [2.24, 2.45) is 5.92 Å². The van der Waals surface area contributed by atoms with Gasteiger partial charge in [-0.3, -0.25) is 4.21 Å². The molecule has 0 radical (unpaired) electrons. The van der Waals surface area contributed by atoms with Crippen LogP contribution in [0.15, 0.2) is 0 Å². The quantitative estimate of drug-likeness (QED) is 0.832. The van der Waals surface area contributed by atoms with E-state index in [1.807, 2.05) is 6.92 Å². The molecule has 0 spiro atoms. The highest BCUT2D eigenvalue weighted by atomic mass is 32.2. The first kappa shape index (κ1) is 15.0. The molecular formula is C11H20F3NOS. The summed E-state index contributed by atoms with van der Waals surface area (Å²) in [4.78, 5) is 0. The Morgan fingerprint density at radius 3 is 2.65 bits per heavy atom. The van der Waals surface area contributed by atoms with Gasteiger partial charge < -0.3 is 5.32 Å². The van der Waals surface area contributed by atoms with Gasteiger partial charge in [-0.15, -0.1) is 0 Å².